The summed E-state index contributed by atoms with van der Waals surface area (Å²) in [6.45, 7) is 1.71. The van der Waals surface area contributed by atoms with E-state index >= 15 is 0 Å². The third kappa shape index (κ3) is 3.39. The summed E-state index contributed by atoms with van der Waals surface area (Å²) in [5.41, 5.74) is -0.219. The topological polar surface area (TPSA) is 55.7 Å². The predicted molar refractivity (Wildman–Crippen MR) is 81.3 cm³/mol. The van der Waals surface area contributed by atoms with Gasteiger partial charge in [0.15, 0.2) is 20.5 Å². The second kappa shape index (κ2) is 5.72. The number of benzene rings is 1. The van der Waals surface area contributed by atoms with Crippen molar-refractivity contribution in [3.63, 3.8) is 0 Å². The fourth-order valence-electron chi connectivity index (χ4n) is 1.72. The third-order valence-electron chi connectivity index (χ3n) is 2.88. The molecule has 1 aliphatic rings. The molecule has 0 fully saturated rings. The van der Waals surface area contributed by atoms with Gasteiger partial charge in [0.05, 0.1) is 21.7 Å². The average molecular weight is 357 g/mol. The summed E-state index contributed by atoms with van der Waals surface area (Å²) in [6.07, 6.45) is 0.167. The summed E-state index contributed by atoms with van der Waals surface area (Å²) in [4.78, 5) is 5.10. The van der Waals surface area contributed by atoms with Crippen molar-refractivity contribution in [2.75, 3.05) is 5.88 Å². The number of alkyl halides is 1. The van der Waals surface area contributed by atoms with E-state index in [0.717, 1.165) is 0 Å². The molecule has 2 rings (SSSR count). The van der Waals surface area contributed by atoms with Crippen LogP contribution in [-0.2, 0) is 20.4 Å². The van der Waals surface area contributed by atoms with E-state index in [2.05, 4.69) is 5.16 Å². The lowest BCUT2D eigenvalue weighted by atomic mass is 10.1. The van der Waals surface area contributed by atoms with Crippen molar-refractivity contribution < 1.29 is 13.3 Å². The maximum absolute atomic E-state index is 12.3. The number of hydrogen-bond acceptors (Lipinski definition) is 4. The minimum Gasteiger partial charge on any atom is -0.387 e. The van der Waals surface area contributed by atoms with Gasteiger partial charge in [0, 0.05) is 6.42 Å². The molecule has 4 nitrogen and oxygen atoms in total. The Labute approximate surface area is 132 Å². The fourth-order valence-corrected chi connectivity index (χ4v) is 3.64. The Hall–Kier alpha value is -0.490. The lowest BCUT2D eigenvalue weighted by Crippen LogP contribution is -2.28. The van der Waals surface area contributed by atoms with Gasteiger partial charge in [0.2, 0.25) is 0 Å². The maximum Gasteiger partial charge on any atom is 0.199 e. The first-order valence-electron chi connectivity index (χ1n) is 5.73. The van der Waals surface area contributed by atoms with Crippen LogP contribution in [0.2, 0.25) is 10.0 Å². The van der Waals surface area contributed by atoms with Crippen molar-refractivity contribution in [2.24, 2.45) is 5.16 Å². The molecular formula is C12H12Cl3NO3S. The standard InChI is InChI=1S/C12H12Cl3NO3S/c1-12(7-13)5-11(16-19-12)20(17,18)6-8-2-3-9(14)10(15)4-8/h2-4H,5-7H2,1H3. The van der Waals surface area contributed by atoms with Crippen LogP contribution in [0.25, 0.3) is 0 Å². The molecule has 20 heavy (non-hydrogen) atoms. The molecule has 0 N–H and O–H groups in total. The molecule has 0 bridgehead atoms. The van der Waals surface area contributed by atoms with Crippen LogP contribution < -0.4 is 0 Å². The number of oxime groups is 1. The van der Waals surface area contributed by atoms with E-state index in [4.69, 9.17) is 39.6 Å². The second-order valence-corrected chi connectivity index (χ2v) is 7.92. The Morgan fingerprint density at radius 2 is 2.05 bits per heavy atom. The van der Waals surface area contributed by atoms with Gasteiger partial charge in [-0.2, -0.15) is 0 Å². The monoisotopic (exact) mass is 355 g/mol. The highest BCUT2D eigenvalue weighted by Crippen LogP contribution is 2.29. The van der Waals surface area contributed by atoms with Crippen molar-refractivity contribution >= 4 is 49.7 Å². The molecule has 1 aliphatic heterocycles. The molecule has 1 aromatic carbocycles. The highest BCUT2D eigenvalue weighted by molar-refractivity contribution is 8.05. The molecule has 0 radical (unpaired) electrons. The molecule has 0 saturated carbocycles. The van der Waals surface area contributed by atoms with Crippen molar-refractivity contribution in [1.29, 1.82) is 0 Å². The van der Waals surface area contributed by atoms with Gasteiger partial charge in [0.1, 0.15) is 0 Å². The Balaban J connectivity index is 2.18. The second-order valence-electron chi connectivity index (χ2n) is 4.84. The van der Waals surface area contributed by atoms with Crippen LogP contribution in [0.3, 0.4) is 0 Å². The zero-order valence-corrected chi connectivity index (χ0v) is 13.7. The number of hydrogen-bond donors (Lipinski definition) is 0. The molecule has 0 spiro atoms. The van der Waals surface area contributed by atoms with Crippen molar-refractivity contribution in [3.05, 3.63) is 33.8 Å². The van der Waals surface area contributed by atoms with Crippen LogP contribution in [0.15, 0.2) is 23.4 Å². The summed E-state index contributed by atoms with van der Waals surface area (Å²) < 4.78 is 24.5. The van der Waals surface area contributed by atoms with Crippen LogP contribution in [0.1, 0.15) is 18.9 Å². The number of rotatable bonds is 3. The van der Waals surface area contributed by atoms with Gasteiger partial charge in [-0.25, -0.2) is 8.42 Å². The largest absolute Gasteiger partial charge is 0.387 e. The fraction of sp³-hybridized carbons (Fsp3) is 0.417. The van der Waals surface area contributed by atoms with E-state index in [0.29, 0.717) is 15.6 Å². The van der Waals surface area contributed by atoms with Crippen molar-refractivity contribution in [1.82, 2.24) is 0 Å². The zero-order valence-electron chi connectivity index (χ0n) is 10.6. The Morgan fingerprint density at radius 3 is 2.60 bits per heavy atom. The lowest BCUT2D eigenvalue weighted by Gasteiger charge is -2.16. The number of sulfone groups is 1. The Morgan fingerprint density at radius 1 is 1.35 bits per heavy atom. The van der Waals surface area contributed by atoms with Gasteiger partial charge < -0.3 is 4.84 Å². The van der Waals surface area contributed by atoms with Crippen LogP contribution in [0.5, 0.6) is 0 Å². The summed E-state index contributed by atoms with van der Waals surface area (Å²) in [5.74, 6) is -0.0350. The highest BCUT2D eigenvalue weighted by atomic mass is 35.5. The molecule has 1 heterocycles. The highest BCUT2D eigenvalue weighted by Gasteiger charge is 2.39. The quantitative estimate of drug-likeness (QED) is 0.777. The van der Waals surface area contributed by atoms with E-state index in [1.54, 1.807) is 19.1 Å². The van der Waals surface area contributed by atoms with Gasteiger partial charge in [-0.1, -0.05) is 34.4 Å². The molecule has 1 aromatic rings. The number of halogens is 3. The molecule has 0 aliphatic carbocycles. The van der Waals surface area contributed by atoms with Crippen LogP contribution >= 0.6 is 34.8 Å². The lowest BCUT2D eigenvalue weighted by molar-refractivity contribution is 0.0152. The normalized spacial score (nSPS) is 22.5. The molecule has 0 saturated heterocycles. The molecule has 110 valence electrons. The van der Waals surface area contributed by atoms with E-state index < -0.39 is 15.4 Å². The van der Waals surface area contributed by atoms with Gasteiger partial charge >= 0.3 is 0 Å². The maximum atomic E-state index is 12.3. The van der Waals surface area contributed by atoms with Crippen LogP contribution in [-0.4, -0.2) is 24.9 Å². The van der Waals surface area contributed by atoms with E-state index in [-0.39, 0.29) is 23.1 Å². The summed E-state index contributed by atoms with van der Waals surface area (Å²) in [6, 6.07) is 4.70. The van der Waals surface area contributed by atoms with Gasteiger partial charge in [0.25, 0.3) is 0 Å². The predicted octanol–water partition coefficient (Wildman–Crippen LogP) is 3.64. The summed E-state index contributed by atoms with van der Waals surface area (Å²) in [7, 11) is -3.56. The van der Waals surface area contributed by atoms with Gasteiger partial charge in [-0.15, -0.1) is 11.6 Å². The van der Waals surface area contributed by atoms with Crippen molar-refractivity contribution in [3.8, 4) is 0 Å². The molecule has 8 heteroatoms. The van der Waals surface area contributed by atoms with E-state index in [9.17, 15) is 8.42 Å². The van der Waals surface area contributed by atoms with Crippen molar-refractivity contribution in [2.45, 2.75) is 24.7 Å². The molecule has 0 aromatic heterocycles. The molecular weight excluding hydrogens is 345 g/mol. The Bertz CT molecular complexity index is 660. The summed E-state index contributed by atoms with van der Waals surface area (Å²) in [5, 5.41) is 4.35. The molecule has 1 unspecified atom stereocenters. The summed E-state index contributed by atoms with van der Waals surface area (Å²) >= 11 is 17.4. The van der Waals surface area contributed by atoms with Crippen LogP contribution in [0.4, 0.5) is 0 Å². The van der Waals surface area contributed by atoms with Gasteiger partial charge in [-0.05, 0) is 24.6 Å². The van der Waals surface area contributed by atoms with E-state index in [1.807, 2.05) is 0 Å². The SMILES string of the molecule is CC1(CCl)CC(S(=O)(=O)Cc2ccc(Cl)c(Cl)c2)=NO1. The van der Waals surface area contributed by atoms with Crippen LogP contribution in [0, 0.1) is 0 Å². The Kier molecular flexibility index (Phi) is 4.54. The number of nitrogens with zero attached hydrogens (tertiary/aromatic N) is 1. The first-order chi connectivity index (χ1) is 9.26. The first kappa shape index (κ1) is 15.9. The molecule has 1 atom stereocenters. The zero-order chi connectivity index (χ0) is 15.0. The van der Waals surface area contributed by atoms with Gasteiger partial charge in [-0.3, -0.25) is 0 Å². The van der Waals surface area contributed by atoms with E-state index in [1.165, 1.54) is 6.07 Å². The minimum absolute atomic E-state index is 0.00622. The molecule has 0 amide bonds. The third-order valence-corrected chi connectivity index (χ3v) is 5.83. The smallest absolute Gasteiger partial charge is 0.199 e. The average Bonchev–Trinajstić information content (AvgIpc) is 2.78. The minimum atomic E-state index is -3.56. The first-order valence-corrected chi connectivity index (χ1v) is 8.68.